The average molecular weight is 192 g/mol. The highest BCUT2D eigenvalue weighted by Crippen LogP contribution is 2.18. The van der Waals surface area contributed by atoms with Gasteiger partial charge in [0.1, 0.15) is 0 Å². The van der Waals surface area contributed by atoms with E-state index in [2.05, 4.69) is 12.1 Å². The minimum atomic E-state index is -0.206. The zero-order valence-corrected chi connectivity index (χ0v) is 8.23. The number of epoxide rings is 1. The van der Waals surface area contributed by atoms with Crippen LogP contribution in [0.15, 0.2) is 30.3 Å². The summed E-state index contributed by atoms with van der Waals surface area (Å²) in [7, 11) is 0. The van der Waals surface area contributed by atoms with Crippen LogP contribution < -0.4 is 0 Å². The summed E-state index contributed by atoms with van der Waals surface area (Å²) in [6.07, 6.45) is 2.72. The van der Waals surface area contributed by atoms with E-state index in [1.165, 1.54) is 5.56 Å². The number of benzene rings is 1. The van der Waals surface area contributed by atoms with Crippen molar-refractivity contribution in [2.24, 2.45) is 0 Å². The third-order valence-electron chi connectivity index (χ3n) is 2.55. The van der Waals surface area contributed by atoms with Gasteiger partial charge in [-0.25, -0.2) is 0 Å². The fourth-order valence-corrected chi connectivity index (χ4v) is 1.60. The highest BCUT2D eigenvalue weighted by Gasteiger charge is 2.25. The minimum Gasteiger partial charge on any atom is -0.393 e. The van der Waals surface area contributed by atoms with E-state index in [0.717, 1.165) is 25.9 Å². The molecule has 1 N–H and O–H groups in total. The molecule has 76 valence electrons. The van der Waals surface area contributed by atoms with Crippen LogP contribution in [0.1, 0.15) is 18.4 Å². The van der Waals surface area contributed by atoms with Crippen molar-refractivity contribution in [2.75, 3.05) is 6.61 Å². The van der Waals surface area contributed by atoms with Crippen molar-refractivity contribution in [3.8, 4) is 0 Å². The molecule has 0 amide bonds. The first kappa shape index (κ1) is 9.69. The van der Waals surface area contributed by atoms with Crippen molar-refractivity contribution >= 4 is 0 Å². The van der Waals surface area contributed by atoms with Crippen molar-refractivity contribution in [1.82, 2.24) is 0 Å². The molecule has 2 heteroatoms. The van der Waals surface area contributed by atoms with Crippen LogP contribution in [0.25, 0.3) is 0 Å². The smallest absolute Gasteiger partial charge is 0.0834 e. The van der Waals surface area contributed by atoms with Gasteiger partial charge in [-0.05, 0) is 18.4 Å². The molecule has 1 aliphatic rings. The summed E-state index contributed by atoms with van der Waals surface area (Å²) in [5.74, 6) is 0. The highest BCUT2D eigenvalue weighted by molar-refractivity contribution is 5.14. The first-order valence-corrected chi connectivity index (χ1v) is 5.18. The molecule has 1 fully saturated rings. The van der Waals surface area contributed by atoms with Crippen molar-refractivity contribution in [3.63, 3.8) is 0 Å². The van der Waals surface area contributed by atoms with Gasteiger partial charge < -0.3 is 9.84 Å². The summed E-state index contributed by atoms with van der Waals surface area (Å²) in [5, 5.41) is 9.64. The van der Waals surface area contributed by atoms with E-state index >= 15 is 0 Å². The van der Waals surface area contributed by atoms with E-state index < -0.39 is 0 Å². The Morgan fingerprint density at radius 3 is 2.71 bits per heavy atom. The van der Waals surface area contributed by atoms with Crippen LogP contribution in [0.5, 0.6) is 0 Å². The quantitative estimate of drug-likeness (QED) is 0.721. The van der Waals surface area contributed by atoms with Gasteiger partial charge in [0.25, 0.3) is 0 Å². The van der Waals surface area contributed by atoms with Gasteiger partial charge in [-0.1, -0.05) is 30.3 Å². The Kier molecular flexibility index (Phi) is 3.17. The maximum Gasteiger partial charge on any atom is 0.0834 e. The standard InChI is InChI=1S/C12H16O2/c13-11(8-12-9-14-12)7-6-10-4-2-1-3-5-10/h1-5,11-13H,6-9H2. The molecule has 0 aromatic heterocycles. The van der Waals surface area contributed by atoms with Gasteiger partial charge in [0.2, 0.25) is 0 Å². The molecule has 0 saturated carbocycles. The Bertz CT molecular complexity index is 267. The number of hydrogen-bond acceptors (Lipinski definition) is 2. The number of aryl methyl sites for hydroxylation is 1. The Morgan fingerprint density at radius 2 is 2.07 bits per heavy atom. The van der Waals surface area contributed by atoms with Gasteiger partial charge >= 0.3 is 0 Å². The summed E-state index contributed by atoms with van der Waals surface area (Å²) in [6, 6.07) is 10.3. The third kappa shape index (κ3) is 3.13. The molecule has 1 aliphatic heterocycles. The minimum absolute atomic E-state index is 0.206. The SMILES string of the molecule is OC(CCc1ccccc1)CC1CO1. The molecule has 1 heterocycles. The second-order valence-corrected chi connectivity index (χ2v) is 3.87. The van der Waals surface area contributed by atoms with E-state index in [1.807, 2.05) is 18.2 Å². The average Bonchev–Trinajstić information content (AvgIpc) is 3.00. The maximum atomic E-state index is 9.64. The lowest BCUT2D eigenvalue weighted by Crippen LogP contribution is -2.10. The summed E-state index contributed by atoms with van der Waals surface area (Å²) in [5.41, 5.74) is 1.29. The first-order chi connectivity index (χ1) is 6.84. The molecule has 1 saturated heterocycles. The predicted molar refractivity (Wildman–Crippen MR) is 55.1 cm³/mol. The van der Waals surface area contributed by atoms with Crippen LogP contribution in [0.3, 0.4) is 0 Å². The molecular formula is C12H16O2. The zero-order chi connectivity index (χ0) is 9.80. The van der Waals surface area contributed by atoms with E-state index in [9.17, 15) is 5.11 Å². The van der Waals surface area contributed by atoms with Crippen molar-refractivity contribution in [1.29, 1.82) is 0 Å². The lowest BCUT2D eigenvalue weighted by atomic mass is 10.0. The highest BCUT2D eigenvalue weighted by atomic mass is 16.6. The summed E-state index contributed by atoms with van der Waals surface area (Å²) in [6.45, 7) is 0.836. The molecule has 2 atom stereocenters. The number of hydrogen-bond donors (Lipinski definition) is 1. The van der Waals surface area contributed by atoms with Crippen molar-refractivity contribution < 1.29 is 9.84 Å². The zero-order valence-electron chi connectivity index (χ0n) is 8.23. The van der Waals surface area contributed by atoms with Crippen molar-refractivity contribution in [3.05, 3.63) is 35.9 Å². The second kappa shape index (κ2) is 4.58. The Hall–Kier alpha value is -0.860. The van der Waals surface area contributed by atoms with Gasteiger partial charge in [-0.2, -0.15) is 0 Å². The largest absolute Gasteiger partial charge is 0.393 e. The number of rotatable bonds is 5. The van der Waals surface area contributed by atoms with Gasteiger partial charge in [0, 0.05) is 6.42 Å². The molecule has 0 spiro atoms. The number of ether oxygens (including phenoxy) is 1. The molecule has 2 unspecified atom stereocenters. The molecular weight excluding hydrogens is 176 g/mol. The Balaban J connectivity index is 1.70. The summed E-state index contributed by atoms with van der Waals surface area (Å²) >= 11 is 0. The number of aliphatic hydroxyl groups excluding tert-OH is 1. The Labute approximate surface area is 84.5 Å². The van der Waals surface area contributed by atoms with Crippen LogP contribution in [-0.4, -0.2) is 23.9 Å². The molecule has 14 heavy (non-hydrogen) atoms. The molecule has 0 aliphatic carbocycles. The topological polar surface area (TPSA) is 32.8 Å². The van der Waals surface area contributed by atoms with E-state index in [0.29, 0.717) is 6.10 Å². The second-order valence-electron chi connectivity index (χ2n) is 3.87. The fourth-order valence-electron chi connectivity index (χ4n) is 1.60. The summed E-state index contributed by atoms with van der Waals surface area (Å²) < 4.78 is 5.07. The van der Waals surface area contributed by atoms with Crippen LogP contribution in [0, 0.1) is 0 Å². The molecule has 1 aromatic rings. The van der Waals surface area contributed by atoms with Gasteiger partial charge in [-0.3, -0.25) is 0 Å². The van der Waals surface area contributed by atoms with Gasteiger partial charge in [-0.15, -0.1) is 0 Å². The monoisotopic (exact) mass is 192 g/mol. The van der Waals surface area contributed by atoms with Crippen LogP contribution in [0.4, 0.5) is 0 Å². The molecule has 1 aromatic carbocycles. The third-order valence-corrected chi connectivity index (χ3v) is 2.55. The molecule has 0 bridgehead atoms. The van der Waals surface area contributed by atoms with Crippen LogP contribution >= 0.6 is 0 Å². The van der Waals surface area contributed by atoms with Crippen LogP contribution in [0.2, 0.25) is 0 Å². The predicted octanol–water partition coefficient (Wildman–Crippen LogP) is 1.77. The van der Waals surface area contributed by atoms with E-state index in [1.54, 1.807) is 0 Å². The maximum absolute atomic E-state index is 9.64. The van der Waals surface area contributed by atoms with Crippen LogP contribution in [-0.2, 0) is 11.2 Å². The fraction of sp³-hybridized carbons (Fsp3) is 0.500. The molecule has 0 radical (unpaired) electrons. The van der Waals surface area contributed by atoms with Gasteiger partial charge in [0.15, 0.2) is 0 Å². The molecule has 2 nitrogen and oxygen atoms in total. The summed E-state index contributed by atoms with van der Waals surface area (Å²) in [4.78, 5) is 0. The normalized spacial score (nSPS) is 21.9. The van der Waals surface area contributed by atoms with E-state index in [-0.39, 0.29) is 6.10 Å². The number of aliphatic hydroxyl groups is 1. The van der Waals surface area contributed by atoms with Gasteiger partial charge in [0.05, 0.1) is 18.8 Å². The lowest BCUT2D eigenvalue weighted by Gasteiger charge is -2.08. The van der Waals surface area contributed by atoms with Crippen molar-refractivity contribution in [2.45, 2.75) is 31.5 Å². The molecule has 2 rings (SSSR count). The van der Waals surface area contributed by atoms with E-state index in [4.69, 9.17) is 4.74 Å². The first-order valence-electron chi connectivity index (χ1n) is 5.18. The Morgan fingerprint density at radius 1 is 1.36 bits per heavy atom. The lowest BCUT2D eigenvalue weighted by molar-refractivity contribution is 0.143.